The third-order valence-electron chi connectivity index (χ3n) is 2.22. The van der Waals surface area contributed by atoms with Crippen LogP contribution in [0.25, 0.3) is 6.08 Å². The molecule has 0 aliphatic rings. The molecular weight excluding hydrogens is 248 g/mol. The second-order valence-electron chi connectivity index (χ2n) is 3.63. The van der Waals surface area contributed by atoms with Gasteiger partial charge in [-0.1, -0.05) is 24.3 Å². The number of rotatable bonds is 9. The first-order valence-electron chi connectivity index (χ1n) is 5.85. The van der Waals surface area contributed by atoms with Crippen molar-refractivity contribution in [2.45, 2.75) is 0 Å². The van der Waals surface area contributed by atoms with Crippen LogP contribution in [-0.2, 0) is 14.2 Å². The Labute approximate surface area is 113 Å². The van der Waals surface area contributed by atoms with Gasteiger partial charge in [-0.25, -0.2) is 0 Å². The number of methoxy groups -OCH3 is 3. The minimum atomic E-state index is 0.151. The van der Waals surface area contributed by atoms with E-state index in [2.05, 4.69) is 0 Å². The van der Waals surface area contributed by atoms with E-state index in [-0.39, 0.29) is 13.6 Å². The molecule has 0 heterocycles. The van der Waals surface area contributed by atoms with Gasteiger partial charge in [-0.15, -0.1) is 0 Å². The van der Waals surface area contributed by atoms with E-state index in [0.29, 0.717) is 18.1 Å². The van der Waals surface area contributed by atoms with Gasteiger partial charge in [0.2, 0.25) is 0 Å². The van der Waals surface area contributed by atoms with Crippen LogP contribution in [0.5, 0.6) is 11.5 Å². The Balaban J connectivity index is 2.92. The molecule has 0 atom stereocenters. The molecule has 0 spiro atoms. The van der Waals surface area contributed by atoms with Gasteiger partial charge in [0.05, 0.1) is 6.61 Å². The zero-order chi connectivity index (χ0) is 13.9. The van der Waals surface area contributed by atoms with Crippen LogP contribution in [0.4, 0.5) is 0 Å². The third-order valence-corrected chi connectivity index (χ3v) is 2.22. The van der Waals surface area contributed by atoms with Crippen molar-refractivity contribution in [1.82, 2.24) is 0 Å². The first kappa shape index (κ1) is 15.5. The Morgan fingerprint density at radius 3 is 2.37 bits per heavy atom. The fourth-order valence-corrected chi connectivity index (χ4v) is 1.44. The minimum Gasteiger partial charge on any atom is -0.464 e. The fourth-order valence-electron chi connectivity index (χ4n) is 1.44. The summed E-state index contributed by atoms with van der Waals surface area (Å²) >= 11 is 0. The van der Waals surface area contributed by atoms with Crippen molar-refractivity contribution in [3.05, 3.63) is 29.8 Å². The summed E-state index contributed by atoms with van der Waals surface area (Å²) in [4.78, 5) is 0. The molecule has 5 nitrogen and oxygen atoms in total. The molecule has 0 amide bonds. The van der Waals surface area contributed by atoms with Crippen LogP contribution in [0.1, 0.15) is 5.56 Å². The zero-order valence-corrected chi connectivity index (χ0v) is 11.5. The molecule has 106 valence electrons. The summed E-state index contributed by atoms with van der Waals surface area (Å²) in [6.45, 7) is 0.847. The van der Waals surface area contributed by atoms with Crippen molar-refractivity contribution >= 4 is 6.08 Å². The first-order valence-corrected chi connectivity index (χ1v) is 5.85. The van der Waals surface area contributed by atoms with E-state index in [4.69, 9.17) is 23.7 Å². The highest BCUT2D eigenvalue weighted by atomic mass is 16.7. The standard InChI is InChI=1S/C14H20O5/c1-15-9-5-7-12-6-4-8-13(18-10-16-2)14(12)19-11-17-3/h4-8H,9-11H2,1-3H3. The molecule has 0 unspecified atom stereocenters. The molecule has 1 aromatic rings. The van der Waals surface area contributed by atoms with Crippen molar-refractivity contribution in [2.24, 2.45) is 0 Å². The number of para-hydroxylation sites is 1. The van der Waals surface area contributed by atoms with Crippen LogP contribution in [0, 0.1) is 0 Å². The lowest BCUT2D eigenvalue weighted by molar-refractivity contribution is 0.0321. The molecule has 0 aliphatic heterocycles. The van der Waals surface area contributed by atoms with Gasteiger partial charge in [-0.3, -0.25) is 0 Å². The maximum absolute atomic E-state index is 5.55. The highest BCUT2D eigenvalue weighted by Crippen LogP contribution is 2.32. The Kier molecular flexibility index (Phi) is 7.65. The molecule has 0 bridgehead atoms. The van der Waals surface area contributed by atoms with E-state index < -0.39 is 0 Å². The van der Waals surface area contributed by atoms with E-state index in [1.54, 1.807) is 21.3 Å². The summed E-state index contributed by atoms with van der Waals surface area (Å²) < 4.78 is 25.8. The summed E-state index contributed by atoms with van der Waals surface area (Å²) in [5, 5.41) is 0. The van der Waals surface area contributed by atoms with E-state index in [1.807, 2.05) is 30.4 Å². The summed E-state index contributed by atoms with van der Waals surface area (Å²) in [6.07, 6.45) is 3.81. The van der Waals surface area contributed by atoms with Gasteiger partial charge in [-0.05, 0) is 6.07 Å². The fraction of sp³-hybridized carbons (Fsp3) is 0.429. The number of ether oxygens (including phenoxy) is 5. The average molecular weight is 268 g/mol. The van der Waals surface area contributed by atoms with Crippen molar-refractivity contribution in [2.75, 3.05) is 41.5 Å². The van der Waals surface area contributed by atoms with E-state index in [0.717, 1.165) is 5.56 Å². The molecule has 1 rings (SSSR count). The smallest absolute Gasteiger partial charge is 0.188 e. The largest absolute Gasteiger partial charge is 0.464 e. The Hall–Kier alpha value is -1.56. The van der Waals surface area contributed by atoms with Crippen LogP contribution in [0.3, 0.4) is 0 Å². The summed E-state index contributed by atoms with van der Waals surface area (Å²) in [5.41, 5.74) is 0.891. The normalized spacial score (nSPS) is 10.9. The highest BCUT2D eigenvalue weighted by Gasteiger charge is 2.09. The number of hydrogen-bond donors (Lipinski definition) is 0. The van der Waals surface area contributed by atoms with Gasteiger partial charge in [-0.2, -0.15) is 0 Å². The average Bonchev–Trinajstić information content (AvgIpc) is 2.44. The molecule has 0 aliphatic carbocycles. The topological polar surface area (TPSA) is 46.2 Å². The monoisotopic (exact) mass is 268 g/mol. The predicted molar refractivity (Wildman–Crippen MR) is 72.4 cm³/mol. The molecule has 0 saturated heterocycles. The molecule has 0 fully saturated rings. The molecule has 19 heavy (non-hydrogen) atoms. The van der Waals surface area contributed by atoms with Crippen LogP contribution in [0.15, 0.2) is 24.3 Å². The minimum absolute atomic E-state index is 0.151. The molecule has 0 saturated carbocycles. The first-order chi connectivity index (χ1) is 9.33. The molecule has 1 aromatic carbocycles. The second-order valence-corrected chi connectivity index (χ2v) is 3.63. The van der Waals surface area contributed by atoms with Crippen LogP contribution < -0.4 is 9.47 Å². The SMILES string of the molecule is COCC=Cc1cccc(OCOC)c1OCOC. The van der Waals surface area contributed by atoms with Crippen molar-refractivity contribution in [3.8, 4) is 11.5 Å². The Bertz CT molecular complexity index is 389. The number of hydrogen-bond acceptors (Lipinski definition) is 5. The summed E-state index contributed by atoms with van der Waals surface area (Å²) in [7, 11) is 4.78. The lowest BCUT2D eigenvalue weighted by Crippen LogP contribution is -2.05. The lowest BCUT2D eigenvalue weighted by Gasteiger charge is -2.14. The van der Waals surface area contributed by atoms with Crippen molar-refractivity contribution in [3.63, 3.8) is 0 Å². The van der Waals surface area contributed by atoms with Crippen LogP contribution in [0.2, 0.25) is 0 Å². The van der Waals surface area contributed by atoms with Gasteiger partial charge >= 0.3 is 0 Å². The van der Waals surface area contributed by atoms with Crippen molar-refractivity contribution in [1.29, 1.82) is 0 Å². The summed E-state index contributed by atoms with van der Waals surface area (Å²) in [6, 6.07) is 5.63. The van der Waals surface area contributed by atoms with Crippen LogP contribution in [-0.4, -0.2) is 41.5 Å². The zero-order valence-electron chi connectivity index (χ0n) is 11.5. The molecule has 0 radical (unpaired) electrons. The van der Waals surface area contributed by atoms with Crippen LogP contribution >= 0.6 is 0 Å². The van der Waals surface area contributed by atoms with E-state index in [9.17, 15) is 0 Å². The third kappa shape index (κ3) is 5.30. The van der Waals surface area contributed by atoms with Gasteiger partial charge in [0.1, 0.15) is 0 Å². The van der Waals surface area contributed by atoms with Gasteiger partial charge < -0.3 is 23.7 Å². The van der Waals surface area contributed by atoms with Gasteiger partial charge in [0, 0.05) is 26.9 Å². The molecule has 0 aromatic heterocycles. The van der Waals surface area contributed by atoms with Crippen molar-refractivity contribution < 1.29 is 23.7 Å². The molecular formula is C14H20O5. The summed E-state index contributed by atoms with van der Waals surface area (Å²) in [5.74, 6) is 1.23. The lowest BCUT2D eigenvalue weighted by atomic mass is 10.1. The Morgan fingerprint density at radius 2 is 1.68 bits per heavy atom. The Morgan fingerprint density at radius 1 is 0.947 bits per heavy atom. The van der Waals surface area contributed by atoms with Gasteiger partial charge in [0.25, 0.3) is 0 Å². The quantitative estimate of drug-likeness (QED) is 0.643. The molecule has 5 heteroatoms. The van der Waals surface area contributed by atoms with Gasteiger partial charge in [0.15, 0.2) is 25.1 Å². The predicted octanol–water partition coefficient (Wildman–Crippen LogP) is 2.31. The second kappa shape index (κ2) is 9.38. The maximum Gasteiger partial charge on any atom is 0.188 e. The highest BCUT2D eigenvalue weighted by molar-refractivity contribution is 5.62. The van der Waals surface area contributed by atoms with E-state index in [1.165, 1.54) is 0 Å². The number of benzene rings is 1. The maximum atomic E-state index is 5.55. The van der Waals surface area contributed by atoms with E-state index >= 15 is 0 Å². The molecule has 0 N–H and O–H groups in total.